The smallest absolute Gasteiger partial charge is 0.282 e. The minimum absolute atomic E-state index is 0.0383. The fraction of sp³-hybridized carbons (Fsp3) is 0.120. The fourth-order valence-corrected chi connectivity index (χ4v) is 3.87. The van der Waals surface area contributed by atoms with Gasteiger partial charge in [-0.15, -0.1) is 0 Å². The SMILES string of the molecule is COc1ccc(NC2=C(c3ccc(F)cc3)C(=O)N(c3cc(C)ccc3OC)C2=O)cc1Cl. The lowest BCUT2D eigenvalue weighted by Crippen LogP contribution is -2.32. The highest BCUT2D eigenvalue weighted by Crippen LogP contribution is 2.39. The molecule has 0 aromatic heterocycles. The predicted molar refractivity (Wildman–Crippen MR) is 125 cm³/mol. The molecule has 2 amide bonds. The third-order valence-electron chi connectivity index (χ3n) is 5.21. The lowest BCUT2D eigenvalue weighted by atomic mass is 10.0. The number of carbonyl (C=O) groups is 2. The number of ether oxygens (including phenoxy) is 2. The summed E-state index contributed by atoms with van der Waals surface area (Å²) < 4.78 is 24.1. The van der Waals surface area contributed by atoms with Gasteiger partial charge in [-0.1, -0.05) is 29.8 Å². The van der Waals surface area contributed by atoms with Crippen LogP contribution < -0.4 is 19.7 Å². The van der Waals surface area contributed by atoms with Gasteiger partial charge in [0.1, 0.15) is 23.0 Å². The second-order valence-electron chi connectivity index (χ2n) is 7.35. The number of anilines is 2. The van der Waals surface area contributed by atoms with Gasteiger partial charge in [-0.25, -0.2) is 9.29 Å². The van der Waals surface area contributed by atoms with E-state index in [0.29, 0.717) is 33.5 Å². The number of imide groups is 1. The topological polar surface area (TPSA) is 67.9 Å². The quantitative estimate of drug-likeness (QED) is 0.506. The van der Waals surface area contributed by atoms with Crippen LogP contribution in [0.5, 0.6) is 11.5 Å². The number of hydrogen-bond donors (Lipinski definition) is 1. The summed E-state index contributed by atoms with van der Waals surface area (Å²) in [6.07, 6.45) is 0. The largest absolute Gasteiger partial charge is 0.495 e. The lowest BCUT2D eigenvalue weighted by molar-refractivity contribution is -0.120. The Kier molecular flexibility index (Phi) is 6.07. The first kappa shape index (κ1) is 22.4. The van der Waals surface area contributed by atoms with Crippen molar-refractivity contribution in [1.29, 1.82) is 0 Å². The van der Waals surface area contributed by atoms with Crippen LogP contribution in [-0.4, -0.2) is 26.0 Å². The molecular formula is C25H20ClFN2O4. The molecule has 0 radical (unpaired) electrons. The number of halogens is 2. The molecule has 4 rings (SSSR count). The Labute approximate surface area is 195 Å². The zero-order valence-electron chi connectivity index (χ0n) is 18.1. The minimum Gasteiger partial charge on any atom is -0.495 e. The van der Waals surface area contributed by atoms with Gasteiger partial charge in [0.2, 0.25) is 0 Å². The van der Waals surface area contributed by atoms with Crippen LogP contribution >= 0.6 is 11.6 Å². The van der Waals surface area contributed by atoms with E-state index in [1.165, 1.54) is 38.5 Å². The van der Waals surface area contributed by atoms with E-state index in [-0.39, 0.29) is 11.3 Å². The average Bonchev–Trinajstić information content (AvgIpc) is 3.03. The molecule has 168 valence electrons. The van der Waals surface area contributed by atoms with Gasteiger partial charge in [0.15, 0.2) is 0 Å². The molecule has 6 nitrogen and oxygen atoms in total. The Morgan fingerprint density at radius 2 is 1.55 bits per heavy atom. The predicted octanol–water partition coefficient (Wildman–Crippen LogP) is 5.20. The highest BCUT2D eigenvalue weighted by molar-refractivity contribution is 6.46. The maximum atomic E-state index is 13.6. The van der Waals surface area contributed by atoms with E-state index in [2.05, 4.69) is 5.32 Å². The summed E-state index contributed by atoms with van der Waals surface area (Å²) in [5.41, 5.74) is 2.18. The van der Waals surface area contributed by atoms with Crippen molar-refractivity contribution in [3.63, 3.8) is 0 Å². The summed E-state index contributed by atoms with van der Waals surface area (Å²) >= 11 is 6.23. The maximum absolute atomic E-state index is 13.6. The molecule has 8 heteroatoms. The maximum Gasteiger partial charge on any atom is 0.282 e. The van der Waals surface area contributed by atoms with Crippen LogP contribution in [0.15, 0.2) is 66.4 Å². The third-order valence-corrected chi connectivity index (χ3v) is 5.51. The first-order chi connectivity index (χ1) is 15.8. The fourth-order valence-electron chi connectivity index (χ4n) is 3.61. The molecule has 0 fully saturated rings. The highest BCUT2D eigenvalue weighted by Gasteiger charge is 2.41. The van der Waals surface area contributed by atoms with Crippen molar-refractivity contribution in [1.82, 2.24) is 0 Å². The summed E-state index contributed by atoms with van der Waals surface area (Å²) in [5, 5.41) is 3.35. The number of methoxy groups -OCH3 is 2. The molecule has 0 bridgehead atoms. The van der Waals surface area contributed by atoms with E-state index >= 15 is 0 Å². The number of aryl methyl sites for hydroxylation is 1. The second-order valence-corrected chi connectivity index (χ2v) is 7.76. The Morgan fingerprint density at radius 3 is 2.18 bits per heavy atom. The zero-order valence-corrected chi connectivity index (χ0v) is 18.9. The molecule has 0 aliphatic carbocycles. The minimum atomic E-state index is -0.574. The summed E-state index contributed by atoms with van der Waals surface area (Å²) in [6.45, 7) is 1.85. The van der Waals surface area contributed by atoms with E-state index in [0.717, 1.165) is 10.5 Å². The Balaban J connectivity index is 1.84. The van der Waals surface area contributed by atoms with Crippen molar-refractivity contribution in [3.05, 3.63) is 88.3 Å². The van der Waals surface area contributed by atoms with Crippen LogP contribution in [0.25, 0.3) is 5.57 Å². The zero-order chi connectivity index (χ0) is 23.7. The van der Waals surface area contributed by atoms with Gasteiger partial charge in [0.05, 0.1) is 30.5 Å². The van der Waals surface area contributed by atoms with E-state index in [1.54, 1.807) is 30.3 Å². The van der Waals surface area contributed by atoms with E-state index < -0.39 is 17.6 Å². The summed E-state index contributed by atoms with van der Waals surface area (Å²) in [5.74, 6) is -0.748. The van der Waals surface area contributed by atoms with Crippen molar-refractivity contribution >= 4 is 40.4 Å². The molecule has 3 aromatic rings. The Hall–Kier alpha value is -3.84. The van der Waals surface area contributed by atoms with Gasteiger partial charge in [-0.05, 0) is 60.5 Å². The lowest BCUT2D eigenvalue weighted by Gasteiger charge is -2.19. The van der Waals surface area contributed by atoms with Gasteiger partial charge < -0.3 is 14.8 Å². The Bertz CT molecular complexity index is 1290. The molecule has 33 heavy (non-hydrogen) atoms. The van der Waals surface area contributed by atoms with Crippen molar-refractivity contribution < 1.29 is 23.5 Å². The molecule has 1 N–H and O–H groups in total. The molecule has 0 unspecified atom stereocenters. The molecule has 0 saturated heterocycles. The number of carbonyl (C=O) groups excluding carboxylic acids is 2. The van der Waals surface area contributed by atoms with Crippen LogP contribution in [0.1, 0.15) is 11.1 Å². The van der Waals surface area contributed by atoms with Crippen molar-refractivity contribution in [2.75, 3.05) is 24.4 Å². The second kappa shape index (κ2) is 8.96. The van der Waals surface area contributed by atoms with E-state index in [9.17, 15) is 14.0 Å². The van der Waals surface area contributed by atoms with Crippen LogP contribution in [0.2, 0.25) is 5.02 Å². The standard InChI is InChI=1S/C25H20ClFN2O4/c1-14-4-10-21(33-3)19(12-14)29-24(30)22(15-5-7-16(27)8-6-15)23(25(29)31)28-17-9-11-20(32-2)18(26)13-17/h4-13,28H,1-3H3. The summed E-state index contributed by atoms with van der Waals surface area (Å²) in [4.78, 5) is 28.2. The van der Waals surface area contributed by atoms with Gasteiger partial charge in [-0.3, -0.25) is 9.59 Å². The van der Waals surface area contributed by atoms with Crippen LogP contribution in [0, 0.1) is 12.7 Å². The van der Waals surface area contributed by atoms with Crippen molar-refractivity contribution in [2.45, 2.75) is 6.92 Å². The third kappa shape index (κ3) is 4.15. The van der Waals surface area contributed by atoms with Crippen LogP contribution in [0.3, 0.4) is 0 Å². The van der Waals surface area contributed by atoms with Crippen LogP contribution in [0.4, 0.5) is 15.8 Å². The summed E-state index contributed by atoms with van der Waals surface area (Å²) in [6, 6.07) is 15.5. The molecule has 0 atom stereocenters. The number of rotatable bonds is 6. The van der Waals surface area contributed by atoms with E-state index in [4.69, 9.17) is 21.1 Å². The van der Waals surface area contributed by atoms with Gasteiger partial charge in [0, 0.05) is 5.69 Å². The van der Waals surface area contributed by atoms with Gasteiger partial charge in [0.25, 0.3) is 11.8 Å². The number of nitrogens with one attached hydrogen (secondary N) is 1. The molecule has 1 heterocycles. The van der Waals surface area contributed by atoms with Crippen molar-refractivity contribution in [3.8, 4) is 11.5 Å². The van der Waals surface area contributed by atoms with E-state index in [1.807, 2.05) is 13.0 Å². The Morgan fingerprint density at radius 1 is 0.879 bits per heavy atom. The van der Waals surface area contributed by atoms with Crippen molar-refractivity contribution in [2.24, 2.45) is 0 Å². The molecule has 1 aliphatic rings. The molecule has 0 saturated carbocycles. The first-order valence-corrected chi connectivity index (χ1v) is 10.4. The highest BCUT2D eigenvalue weighted by atomic mass is 35.5. The van der Waals surface area contributed by atoms with Gasteiger partial charge in [-0.2, -0.15) is 0 Å². The number of nitrogens with zero attached hydrogens (tertiary/aromatic N) is 1. The average molecular weight is 467 g/mol. The molecule has 3 aromatic carbocycles. The molecule has 0 spiro atoms. The summed E-state index contributed by atoms with van der Waals surface area (Å²) in [7, 11) is 2.96. The normalized spacial score (nSPS) is 13.5. The monoisotopic (exact) mass is 466 g/mol. The molecular weight excluding hydrogens is 447 g/mol. The molecule has 1 aliphatic heterocycles. The first-order valence-electron chi connectivity index (χ1n) is 9.98. The number of benzene rings is 3. The van der Waals surface area contributed by atoms with Gasteiger partial charge >= 0.3 is 0 Å². The van der Waals surface area contributed by atoms with Crippen LogP contribution in [-0.2, 0) is 9.59 Å². The number of amides is 2. The number of hydrogen-bond acceptors (Lipinski definition) is 5.